The van der Waals surface area contributed by atoms with Crippen molar-refractivity contribution in [2.24, 2.45) is 0 Å². The molecule has 0 heterocycles. The summed E-state index contributed by atoms with van der Waals surface area (Å²) in [5, 5.41) is 0.465. The number of ketones is 1. The predicted octanol–water partition coefficient (Wildman–Crippen LogP) is 1.80. The maximum atomic E-state index is 10.7. The quantitative estimate of drug-likeness (QED) is 0.469. The van der Waals surface area contributed by atoms with Gasteiger partial charge in [0.1, 0.15) is 0 Å². The van der Waals surface area contributed by atoms with E-state index in [0.29, 0.717) is 10.6 Å². The number of carbonyl (C=O) groups is 1. The molecular formula is C7H5ClO. The van der Waals surface area contributed by atoms with Crippen molar-refractivity contribution in [3.63, 3.8) is 0 Å². The normalized spacial score (nSPS) is 18.1. The molecule has 46 valence electrons. The Balaban J connectivity index is 2.95. The maximum Gasteiger partial charge on any atom is 0.186 e. The third-order valence-corrected chi connectivity index (χ3v) is 1.26. The SMILES string of the molecule is C=C1C=CC(Cl)=CC1=O. The van der Waals surface area contributed by atoms with Crippen LogP contribution in [0.3, 0.4) is 0 Å². The Bertz CT molecular complexity index is 223. The van der Waals surface area contributed by atoms with Gasteiger partial charge in [0.2, 0.25) is 0 Å². The molecule has 0 aliphatic heterocycles. The molecule has 2 heteroatoms. The van der Waals surface area contributed by atoms with Crippen LogP contribution >= 0.6 is 11.6 Å². The average molecular weight is 141 g/mol. The Labute approximate surface area is 58.3 Å². The van der Waals surface area contributed by atoms with Crippen LogP contribution in [0.1, 0.15) is 0 Å². The highest BCUT2D eigenvalue weighted by Crippen LogP contribution is 2.12. The van der Waals surface area contributed by atoms with E-state index in [1.54, 1.807) is 12.2 Å². The Morgan fingerprint density at radius 3 is 2.56 bits per heavy atom. The van der Waals surface area contributed by atoms with Gasteiger partial charge in [0, 0.05) is 16.7 Å². The monoisotopic (exact) mass is 140 g/mol. The molecule has 1 aliphatic rings. The van der Waals surface area contributed by atoms with Crippen molar-refractivity contribution in [1.29, 1.82) is 0 Å². The lowest BCUT2D eigenvalue weighted by Crippen LogP contribution is -1.97. The van der Waals surface area contributed by atoms with E-state index in [0.717, 1.165) is 0 Å². The summed E-state index contributed by atoms with van der Waals surface area (Å²) in [6.45, 7) is 3.49. The van der Waals surface area contributed by atoms with Gasteiger partial charge in [-0.1, -0.05) is 24.3 Å². The van der Waals surface area contributed by atoms with Gasteiger partial charge in [-0.25, -0.2) is 0 Å². The molecule has 0 fully saturated rings. The van der Waals surface area contributed by atoms with Gasteiger partial charge in [-0.3, -0.25) is 4.79 Å². The smallest absolute Gasteiger partial charge is 0.186 e. The van der Waals surface area contributed by atoms with Crippen LogP contribution < -0.4 is 0 Å². The zero-order valence-corrected chi connectivity index (χ0v) is 5.48. The zero-order valence-electron chi connectivity index (χ0n) is 4.73. The maximum absolute atomic E-state index is 10.7. The minimum absolute atomic E-state index is 0.109. The summed E-state index contributed by atoms with van der Waals surface area (Å²) in [4.78, 5) is 10.7. The molecule has 1 nitrogen and oxygen atoms in total. The Morgan fingerprint density at radius 1 is 1.44 bits per heavy atom. The van der Waals surface area contributed by atoms with Crippen molar-refractivity contribution in [3.8, 4) is 0 Å². The van der Waals surface area contributed by atoms with E-state index >= 15 is 0 Å². The van der Waals surface area contributed by atoms with Gasteiger partial charge in [-0.2, -0.15) is 0 Å². The summed E-state index contributed by atoms with van der Waals surface area (Å²) in [6.07, 6.45) is 4.60. The minimum Gasteiger partial charge on any atom is -0.289 e. The van der Waals surface area contributed by atoms with Crippen molar-refractivity contribution in [1.82, 2.24) is 0 Å². The van der Waals surface area contributed by atoms with Crippen molar-refractivity contribution in [2.75, 3.05) is 0 Å². The molecule has 0 aromatic rings. The van der Waals surface area contributed by atoms with Crippen LogP contribution in [0, 0.1) is 0 Å². The molecule has 0 aromatic carbocycles. The standard InChI is InChI=1S/C7H5ClO/c1-5-2-3-6(8)4-7(5)9/h2-4H,1H2. The summed E-state index contributed by atoms with van der Waals surface area (Å²) in [7, 11) is 0. The summed E-state index contributed by atoms with van der Waals surface area (Å²) in [6, 6.07) is 0. The third-order valence-electron chi connectivity index (χ3n) is 1.03. The largest absolute Gasteiger partial charge is 0.289 e. The van der Waals surface area contributed by atoms with E-state index in [9.17, 15) is 4.79 Å². The summed E-state index contributed by atoms with van der Waals surface area (Å²) >= 11 is 5.49. The van der Waals surface area contributed by atoms with Crippen LogP contribution in [0.25, 0.3) is 0 Å². The van der Waals surface area contributed by atoms with Crippen LogP contribution in [0.4, 0.5) is 0 Å². The van der Waals surface area contributed by atoms with Crippen molar-refractivity contribution in [2.45, 2.75) is 0 Å². The highest BCUT2D eigenvalue weighted by molar-refractivity contribution is 6.34. The highest BCUT2D eigenvalue weighted by Gasteiger charge is 2.04. The Hall–Kier alpha value is -0.820. The second kappa shape index (κ2) is 2.19. The summed E-state index contributed by atoms with van der Waals surface area (Å²) in [5.41, 5.74) is 0.486. The molecule has 0 saturated carbocycles. The van der Waals surface area contributed by atoms with Gasteiger partial charge in [0.15, 0.2) is 5.78 Å². The molecule has 0 atom stereocenters. The number of hydrogen-bond acceptors (Lipinski definition) is 1. The fourth-order valence-electron chi connectivity index (χ4n) is 0.528. The molecule has 0 saturated heterocycles. The van der Waals surface area contributed by atoms with E-state index in [4.69, 9.17) is 11.6 Å². The molecule has 0 amide bonds. The molecule has 0 N–H and O–H groups in total. The van der Waals surface area contributed by atoms with E-state index in [1.807, 2.05) is 0 Å². The van der Waals surface area contributed by atoms with Gasteiger partial charge in [-0.15, -0.1) is 0 Å². The molecule has 1 rings (SSSR count). The van der Waals surface area contributed by atoms with E-state index in [2.05, 4.69) is 6.58 Å². The second-order valence-corrected chi connectivity index (χ2v) is 2.19. The topological polar surface area (TPSA) is 17.1 Å². The molecule has 0 spiro atoms. The molecular weight excluding hydrogens is 136 g/mol. The van der Waals surface area contributed by atoms with Crippen molar-refractivity contribution in [3.05, 3.63) is 35.4 Å². The van der Waals surface area contributed by atoms with Gasteiger partial charge >= 0.3 is 0 Å². The third kappa shape index (κ3) is 1.30. The van der Waals surface area contributed by atoms with Crippen molar-refractivity contribution >= 4 is 17.4 Å². The Morgan fingerprint density at radius 2 is 2.11 bits per heavy atom. The second-order valence-electron chi connectivity index (χ2n) is 1.75. The van der Waals surface area contributed by atoms with Crippen LogP contribution in [0.5, 0.6) is 0 Å². The molecule has 9 heavy (non-hydrogen) atoms. The first-order valence-electron chi connectivity index (χ1n) is 2.48. The number of halogens is 1. The van der Waals surface area contributed by atoms with Crippen LogP contribution in [0.15, 0.2) is 35.4 Å². The lowest BCUT2D eigenvalue weighted by Gasteiger charge is -1.98. The molecule has 0 bridgehead atoms. The molecule has 0 aromatic heterocycles. The fourth-order valence-corrected chi connectivity index (χ4v) is 0.690. The molecule has 1 aliphatic carbocycles. The first-order chi connectivity index (χ1) is 4.20. The van der Waals surface area contributed by atoms with E-state index in [1.165, 1.54) is 6.08 Å². The van der Waals surface area contributed by atoms with Gasteiger partial charge < -0.3 is 0 Å². The van der Waals surface area contributed by atoms with Crippen molar-refractivity contribution < 1.29 is 4.79 Å². The van der Waals surface area contributed by atoms with Crippen LogP contribution in [0.2, 0.25) is 0 Å². The van der Waals surface area contributed by atoms with E-state index < -0.39 is 0 Å². The minimum atomic E-state index is -0.109. The van der Waals surface area contributed by atoms with Gasteiger partial charge in [0.25, 0.3) is 0 Å². The first-order valence-corrected chi connectivity index (χ1v) is 2.86. The number of rotatable bonds is 0. The lowest BCUT2D eigenvalue weighted by molar-refractivity contribution is -0.111. The molecule has 0 unspecified atom stereocenters. The van der Waals surface area contributed by atoms with E-state index in [-0.39, 0.29) is 5.78 Å². The first kappa shape index (κ1) is 6.30. The van der Waals surface area contributed by atoms with Gasteiger partial charge in [-0.05, 0) is 6.08 Å². The number of carbonyl (C=O) groups excluding carboxylic acids is 1. The Kier molecular flexibility index (Phi) is 1.54. The number of allylic oxidation sites excluding steroid dienone is 5. The lowest BCUT2D eigenvalue weighted by atomic mass is 10.1. The average Bonchev–Trinajstić information content (AvgIpc) is 1.80. The van der Waals surface area contributed by atoms with Crippen LogP contribution in [-0.4, -0.2) is 5.78 Å². The fraction of sp³-hybridized carbons (Fsp3) is 0. The summed E-state index contributed by atoms with van der Waals surface area (Å²) in [5.74, 6) is -0.109. The summed E-state index contributed by atoms with van der Waals surface area (Å²) < 4.78 is 0. The number of hydrogen-bond donors (Lipinski definition) is 0. The predicted molar refractivity (Wildman–Crippen MR) is 37.2 cm³/mol. The van der Waals surface area contributed by atoms with Gasteiger partial charge in [0.05, 0.1) is 0 Å². The highest BCUT2D eigenvalue weighted by atomic mass is 35.5. The molecule has 0 radical (unpaired) electrons. The zero-order chi connectivity index (χ0) is 6.85. The van der Waals surface area contributed by atoms with Crippen LogP contribution in [-0.2, 0) is 4.79 Å².